The molecule has 2 aromatic carbocycles. The van der Waals surface area contributed by atoms with Crippen molar-refractivity contribution in [3.05, 3.63) is 52.5 Å². The molecule has 0 aliphatic carbocycles. The third kappa shape index (κ3) is 3.17. The predicted molar refractivity (Wildman–Crippen MR) is 95.3 cm³/mol. The zero-order valence-electron chi connectivity index (χ0n) is 12.8. The molecule has 4 nitrogen and oxygen atoms in total. The molecule has 2 heterocycles. The van der Waals surface area contributed by atoms with Gasteiger partial charge in [-0.15, -0.1) is 0 Å². The third-order valence-electron chi connectivity index (χ3n) is 4.24. The van der Waals surface area contributed by atoms with E-state index in [-0.39, 0.29) is 0 Å². The lowest BCUT2D eigenvalue weighted by atomic mass is 10.0. The fourth-order valence-corrected chi connectivity index (χ4v) is 3.40. The van der Waals surface area contributed by atoms with E-state index in [1.165, 1.54) is 5.56 Å². The van der Waals surface area contributed by atoms with Gasteiger partial charge in [-0.2, -0.15) is 5.10 Å². The largest absolute Gasteiger partial charge is 0.379 e. The highest BCUT2D eigenvalue weighted by Gasteiger charge is 2.13. The average Bonchev–Trinajstić information content (AvgIpc) is 2.99. The lowest BCUT2D eigenvalue weighted by Gasteiger charge is -2.26. The predicted octanol–water partition coefficient (Wildman–Crippen LogP) is 3.82. The second-order valence-corrected chi connectivity index (χ2v) is 6.77. The number of halogens is 1. The van der Waals surface area contributed by atoms with Crippen LogP contribution in [0.5, 0.6) is 0 Å². The van der Waals surface area contributed by atoms with Gasteiger partial charge in [-0.25, -0.2) is 0 Å². The number of H-pyrrole nitrogens is 1. The summed E-state index contributed by atoms with van der Waals surface area (Å²) in [6.07, 6.45) is 0. The van der Waals surface area contributed by atoms with Gasteiger partial charge in [-0.05, 0) is 29.8 Å². The maximum absolute atomic E-state index is 5.42. The smallest absolute Gasteiger partial charge is 0.0999 e. The number of hydrogen-bond acceptors (Lipinski definition) is 3. The van der Waals surface area contributed by atoms with Gasteiger partial charge in [0.1, 0.15) is 0 Å². The molecule has 23 heavy (non-hydrogen) atoms. The van der Waals surface area contributed by atoms with Crippen molar-refractivity contribution in [3.63, 3.8) is 0 Å². The van der Waals surface area contributed by atoms with Crippen LogP contribution in [0.25, 0.3) is 22.2 Å². The van der Waals surface area contributed by atoms with Crippen LogP contribution in [0.1, 0.15) is 5.56 Å². The van der Waals surface area contributed by atoms with E-state index in [9.17, 15) is 0 Å². The van der Waals surface area contributed by atoms with Crippen molar-refractivity contribution < 1.29 is 4.74 Å². The Balaban J connectivity index is 1.65. The van der Waals surface area contributed by atoms with Crippen LogP contribution in [0.3, 0.4) is 0 Å². The molecule has 118 valence electrons. The second-order valence-electron chi connectivity index (χ2n) is 5.85. The van der Waals surface area contributed by atoms with Crippen molar-refractivity contribution in [2.75, 3.05) is 26.3 Å². The fourth-order valence-electron chi connectivity index (χ4n) is 3.04. The van der Waals surface area contributed by atoms with Crippen LogP contribution in [-0.2, 0) is 11.3 Å². The van der Waals surface area contributed by atoms with Crippen LogP contribution in [0, 0.1) is 0 Å². The molecule has 0 spiro atoms. The number of aromatic nitrogens is 2. The molecule has 3 aromatic rings. The zero-order valence-corrected chi connectivity index (χ0v) is 14.3. The van der Waals surface area contributed by atoms with Crippen molar-refractivity contribution in [2.24, 2.45) is 0 Å². The molecule has 0 radical (unpaired) electrons. The van der Waals surface area contributed by atoms with E-state index in [0.717, 1.165) is 59.5 Å². The summed E-state index contributed by atoms with van der Waals surface area (Å²) < 4.78 is 6.49. The van der Waals surface area contributed by atoms with E-state index in [0.29, 0.717) is 0 Å². The van der Waals surface area contributed by atoms with Crippen molar-refractivity contribution >= 4 is 26.8 Å². The highest BCUT2D eigenvalue weighted by atomic mass is 79.9. The molecule has 1 aliphatic heterocycles. The van der Waals surface area contributed by atoms with Gasteiger partial charge in [0.25, 0.3) is 0 Å². The summed E-state index contributed by atoms with van der Waals surface area (Å²) in [5.74, 6) is 0. The number of morpholine rings is 1. The lowest BCUT2D eigenvalue weighted by molar-refractivity contribution is 0.0342. The number of rotatable bonds is 3. The normalized spacial score (nSPS) is 16.0. The first-order valence-corrected chi connectivity index (χ1v) is 8.62. The van der Waals surface area contributed by atoms with Crippen LogP contribution in [0.4, 0.5) is 0 Å². The zero-order chi connectivity index (χ0) is 15.6. The highest BCUT2D eigenvalue weighted by Crippen LogP contribution is 2.29. The van der Waals surface area contributed by atoms with E-state index in [1.807, 2.05) is 12.1 Å². The molecule has 0 unspecified atom stereocenters. The molecular formula is C18H18BrN3O. The van der Waals surface area contributed by atoms with Crippen LogP contribution in [0.2, 0.25) is 0 Å². The lowest BCUT2D eigenvalue weighted by Crippen LogP contribution is -2.35. The first-order chi connectivity index (χ1) is 11.3. The average molecular weight is 372 g/mol. The third-order valence-corrected chi connectivity index (χ3v) is 4.73. The SMILES string of the molecule is Brc1ccc2[nH]nc(-c3cccc(CN4CCOCC4)c3)c2c1. The van der Waals surface area contributed by atoms with E-state index in [1.54, 1.807) is 0 Å². The van der Waals surface area contributed by atoms with Gasteiger partial charge in [-0.1, -0.05) is 34.1 Å². The summed E-state index contributed by atoms with van der Waals surface area (Å²) in [7, 11) is 0. The Morgan fingerprint density at radius 1 is 1.13 bits per heavy atom. The van der Waals surface area contributed by atoms with Gasteiger partial charge in [-0.3, -0.25) is 10.00 Å². The van der Waals surface area contributed by atoms with E-state index < -0.39 is 0 Å². The molecule has 1 aromatic heterocycles. The van der Waals surface area contributed by atoms with Crippen molar-refractivity contribution in [3.8, 4) is 11.3 Å². The number of ether oxygens (including phenoxy) is 1. The number of benzene rings is 2. The summed E-state index contributed by atoms with van der Waals surface area (Å²) in [6.45, 7) is 4.63. The van der Waals surface area contributed by atoms with Crippen LogP contribution < -0.4 is 0 Å². The van der Waals surface area contributed by atoms with Gasteiger partial charge < -0.3 is 4.74 Å². The van der Waals surface area contributed by atoms with Gasteiger partial charge in [0.2, 0.25) is 0 Å². The van der Waals surface area contributed by atoms with E-state index in [2.05, 4.69) is 61.4 Å². The molecule has 5 heteroatoms. The number of hydrogen-bond donors (Lipinski definition) is 1. The van der Waals surface area contributed by atoms with Crippen LogP contribution in [-0.4, -0.2) is 41.4 Å². The minimum atomic E-state index is 0.831. The minimum Gasteiger partial charge on any atom is -0.379 e. The first-order valence-electron chi connectivity index (χ1n) is 7.83. The Morgan fingerprint density at radius 2 is 2.00 bits per heavy atom. The van der Waals surface area contributed by atoms with E-state index in [4.69, 9.17) is 4.74 Å². The van der Waals surface area contributed by atoms with Gasteiger partial charge in [0, 0.05) is 35.1 Å². The van der Waals surface area contributed by atoms with E-state index >= 15 is 0 Å². The van der Waals surface area contributed by atoms with Gasteiger partial charge in [0.05, 0.1) is 24.4 Å². The monoisotopic (exact) mass is 371 g/mol. The van der Waals surface area contributed by atoms with Crippen LogP contribution >= 0.6 is 15.9 Å². The van der Waals surface area contributed by atoms with Gasteiger partial charge >= 0.3 is 0 Å². The number of fused-ring (bicyclic) bond motifs is 1. The summed E-state index contributed by atoms with van der Waals surface area (Å²) in [4.78, 5) is 2.43. The Bertz CT molecular complexity index is 824. The maximum Gasteiger partial charge on any atom is 0.0999 e. The Morgan fingerprint density at radius 3 is 2.87 bits per heavy atom. The molecule has 0 amide bonds. The Kier molecular flexibility index (Phi) is 4.16. The minimum absolute atomic E-state index is 0.831. The number of nitrogens with one attached hydrogen (secondary N) is 1. The molecule has 0 saturated carbocycles. The molecule has 4 rings (SSSR count). The van der Waals surface area contributed by atoms with Crippen molar-refractivity contribution in [1.29, 1.82) is 0 Å². The summed E-state index contributed by atoms with van der Waals surface area (Å²) in [5, 5.41) is 8.77. The fraction of sp³-hybridized carbons (Fsp3) is 0.278. The molecular weight excluding hydrogens is 354 g/mol. The Hall–Kier alpha value is -1.69. The van der Waals surface area contributed by atoms with Crippen molar-refractivity contribution in [2.45, 2.75) is 6.54 Å². The maximum atomic E-state index is 5.42. The summed E-state index contributed by atoms with van der Waals surface area (Å²) in [6, 6.07) is 14.9. The summed E-state index contributed by atoms with van der Waals surface area (Å²) in [5.41, 5.74) is 4.53. The van der Waals surface area contributed by atoms with Crippen molar-refractivity contribution in [1.82, 2.24) is 15.1 Å². The quantitative estimate of drug-likeness (QED) is 0.760. The Labute approximate surface area is 143 Å². The topological polar surface area (TPSA) is 41.2 Å². The standard InChI is InChI=1S/C18H18BrN3O/c19-15-4-5-17-16(11-15)18(21-20-17)14-3-1-2-13(10-14)12-22-6-8-23-9-7-22/h1-5,10-11H,6-9,12H2,(H,20,21). The van der Waals surface area contributed by atoms with Gasteiger partial charge in [0.15, 0.2) is 0 Å². The summed E-state index contributed by atoms with van der Waals surface area (Å²) >= 11 is 3.54. The molecule has 0 atom stereocenters. The first kappa shape index (κ1) is 14.9. The van der Waals surface area contributed by atoms with Crippen LogP contribution in [0.15, 0.2) is 46.9 Å². The molecule has 1 saturated heterocycles. The molecule has 0 bridgehead atoms. The second kappa shape index (κ2) is 6.43. The number of aromatic amines is 1. The molecule has 1 fully saturated rings. The molecule has 1 N–H and O–H groups in total. The molecule has 1 aliphatic rings. The number of nitrogens with zero attached hydrogens (tertiary/aromatic N) is 2. The highest BCUT2D eigenvalue weighted by molar-refractivity contribution is 9.10.